The van der Waals surface area contributed by atoms with Gasteiger partial charge in [-0.05, 0) is 77.1 Å². The van der Waals surface area contributed by atoms with E-state index in [-0.39, 0.29) is 12.5 Å². The van der Waals surface area contributed by atoms with E-state index < -0.39 is 28.4 Å². The highest BCUT2D eigenvalue weighted by molar-refractivity contribution is 7.85. The molecule has 1 aliphatic heterocycles. The third-order valence-corrected chi connectivity index (χ3v) is 6.88. The van der Waals surface area contributed by atoms with Crippen LogP contribution in [0.3, 0.4) is 0 Å². The number of aromatic nitrogens is 1. The van der Waals surface area contributed by atoms with Gasteiger partial charge in [0, 0.05) is 28.9 Å². The van der Waals surface area contributed by atoms with Gasteiger partial charge in [-0.1, -0.05) is 11.8 Å². The van der Waals surface area contributed by atoms with E-state index in [1.54, 1.807) is 31.3 Å². The summed E-state index contributed by atoms with van der Waals surface area (Å²) in [4.78, 5) is 16.0. The number of aliphatic carboxylic acids is 1. The smallest absolute Gasteiger partial charge is 0.307 e. The summed E-state index contributed by atoms with van der Waals surface area (Å²) in [5.74, 6) is 5.44. The van der Waals surface area contributed by atoms with Crippen molar-refractivity contribution >= 4 is 22.6 Å². The van der Waals surface area contributed by atoms with Crippen LogP contribution in [0.4, 0.5) is 10.1 Å². The average Bonchev–Trinajstić information content (AvgIpc) is 3.61. The van der Waals surface area contributed by atoms with Gasteiger partial charge in [0.15, 0.2) is 0 Å². The molecule has 1 aliphatic carbocycles. The fraction of sp³-hybridized carbons (Fsp3) is 0.448. The van der Waals surface area contributed by atoms with E-state index in [0.29, 0.717) is 34.0 Å². The second-order valence-electron chi connectivity index (χ2n) is 10.1. The van der Waals surface area contributed by atoms with Gasteiger partial charge < -0.3 is 10.2 Å². The summed E-state index contributed by atoms with van der Waals surface area (Å²) in [6.07, 6.45) is 12.7. The largest absolute Gasteiger partial charge is 0.481 e. The number of carboxylic acids is 1. The number of carbonyl (C=O) groups is 1. The second-order valence-corrected chi connectivity index (χ2v) is 11.4. The zero-order chi connectivity index (χ0) is 28.2. The fourth-order valence-corrected chi connectivity index (χ4v) is 5.25. The molecule has 0 radical (unpaired) electrons. The van der Waals surface area contributed by atoms with Crippen molar-refractivity contribution in [2.45, 2.75) is 72.4 Å². The third kappa shape index (κ3) is 7.19. The average molecular weight is 527 g/mol. The van der Waals surface area contributed by atoms with Gasteiger partial charge in [-0.15, -0.1) is 12.8 Å². The lowest BCUT2D eigenvalue weighted by molar-refractivity contribution is -0.136. The van der Waals surface area contributed by atoms with Gasteiger partial charge >= 0.3 is 5.97 Å². The Bertz CT molecular complexity index is 1290. The standard InChI is InChI=1S/C23H23FN2O3S.C4H10O.C2H2/c1-12-17(8-7-15-5-6-15)18(10-20(27)28)13(2)23-21(12)22-19(9-16(24)11-25-22)14(3)26(23)30(4)29;1-4(2,3)5;1-2/h9,11,14-15H,5-6,10H2,1-4H3,(H,27,28);5H,1-3H3;1-2H/t14-,30?;;/m0../s1. The second kappa shape index (κ2) is 11.9. The first-order chi connectivity index (χ1) is 17.2. The van der Waals surface area contributed by atoms with Crippen molar-refractivity contribution in [2.24, 2.45) is 5.92 Å². The van der Waals surface area contributed by atoms with Crippen LogP contribution in [0.25, 0.3) is 11.3 Å². The Balaban J connectivity index is 0.000000617. The minimum absolute atomic E-state index is 0.170. The Labute approximate surface area is 221 Å². The maximum absolute atomic E-state index is 14.0. The van der Waals surface area contributed by atoms with Crippen molar-refractivity contribution in [2.75, 3.05) is 10.6 Å². The third-order valence-electron chi connectivity index (χ3n) is 5.82. The molecule has 1 fully saturated rings. The molecule has 1 saturated carbocycles. The zero-order valence-corrected chi connectivity index (χ0v) is 23.3. The number of rotatable bonds is 3. The van der Waals surface area contributed by atoms with Gasteiger partial charge in [-0.2, -0.15) is 0 Å². The van der Waals surface area contributed by atoms with Crippen LogP contribution in [-0.4, -0.2) is 37.2 Å². The zero-order valence-electron chi connectivity index (χ0n) is 22.5. The molecule has 8 heteroatoms. The van der Waals surface area contributed by atoms with E-state index >= 15 is 0 Å². The number of aliphatic hydroxyl groups is 1. The molecule has 1 aromatic carbocycles. The van der Waals surface area contributed by atoms with Crippen molar-refractivity contribution < 1.29 is 23.6 Å². The van der Waals surface area contributed by atoms with E-state index in [1.165, 1.54) is 12.3 Å². The Hall–Kier alpha value is -3.20. The molecule has 2 N–H and O–H groups in total. The Morgan fingerprint density at radius 1 is 1.27 bits per heavy atom. The molecule has 1 aromatic heterocycles. The van der Waals surface area contributed by atoms with Crippen LogP contribution < -0.4 is 4.31 Å². The van der Waals surface area contributed by atoms with Crippen LogP contribution in [0.15, 0.2) is 12.3 Å². The topological polar surface area (TPSA) is 90.7 Å². The van der Waals surface area contributed by atoms with Gasteiger partial charge in [-0.25, -0.2) is 8.60 Å². The number of terminal acetylenes is 1. The van der Waals surface area contributed by atoms with Crippen LogP contribution >= 0.6 is 0 Å². The maximum Gasteiger partial charge on any atom is 0.307 e. The van der Waals surface area contributed by atoms with E-state index in [9.17, 15) is 18.5 Å². The van der Waals surface area contributed by atoms with E-state index in [2.05, 4.69) is 29.7 Å². The molecule has 0 spiro atoms. The van der Waals surface area contributed by atoms with Gasteiger partial charge in [-0.3, -0.25) is 14.1 Å². The normalized spacial score (nSPS) is 16.4. The Morgan fingerprint density at radius 2 is 1.84 bits per heavy atom. The highest BCUT2D eigenvalue weighted by Crippen LogP contribution is 2.49. The Morgan fingerprint density at radius 3 is 2.32 bits per heavy atom. The first kappa shape index (κ1) is 30.0. The molecular weight excluding hydrogens is 491 g/mol. The van der Waals surface area contributed by atoms with Crippen molar-refractivity contribution in [1.82, 2.24) is 4.98 Å². The first-order valence-corrected chi connectivity index (χ1v) is 13.5. The number of nitrogens with zero attached hydrogens (tertiary/aromatic N) is 2. The van der Waals surface area contributed by atoms with Crippen LogP contribution in [0.1, 0.15) is 74.4 Å². The summed E-state index contributed by atoms with van der Waals surface area (Å²) in [5, 5.41) is 18.1. The minimum Gasteiger partial charge on any atom is -0.481 e. The predicted molar refractivity (Wildman–Crippen MR) is 147 cm³/mol. The molecule has 37 heavy (non-hydrogen) atoms. The summed E-state index contributed by atoms with van der Waals surface area (Å²) in [6.45, 7) is 10.8. The van der Waals surface area contributed by atoms with Gasteiger partial charge in [0.2, 0.25) is 0 Å². The molecule has 2 aliphatic rings. The Kier molecular flexibility index (Phi) is 9.66. The molecule has 0 amide bonds. The number of fused-ring (bicyclic) bond motifs is 3. The van der Waals surface area contributed by atoms with Crippen molar-refractivity contribution in [3.05, 3.63) is 45.9 Å². The molecule has 2 atom stereocenters. The summed E-state index contributed by atoms with van der Waals surface area (Å²) in [5.41, 5.74) is 5.10. The fourth-order valence-electron chi connectivity index (χ4n) is 4.21. The number of benzene rings is 1. The minimum atomic E-state index is -1.40. The van der Waals surface area contributed by atoms with Gasteiger partial charge in [0.05, 0.1) is 35.6 Å². The molecule has 6 nitrogen and oxygen atoms in total. The lowest BCUT2D eigenvalue weighted by atomic mass is 9.83. The monoisotopic (exact) mass is 526 g/mol. The van der Waals surface area contributed by atoms with E-state index in [4.69, 9.17) is 5.11 Å². The summed E-state index contributed by atoms with van der Waals surface area (Å²) in [6, 6.07) is 1.06. The van der Waals surface area contributed by atoms with E-state index in [0.717, 1.165) is 29.5 Å². The first-order valence-electron chi connectivity index (χ1n) is 11.9. The number of anilines is 1. The highest BCUT2D eigenvalue weighted by Gasteiger charge is 2.36. The number of hydrogen-bond acceptors (Lipinski definition) is 4. The van der Waals surface area contributed by atoms with Crippen molar-refractivity contribution in [3.63, 3.8) is 0 Å². The molecule has 4 rings (SSSR count). The SMILES string of the molecule is C#C.CC(C)(C)O.Cc1c(C#CC2CC2)c(CC(=O)O)c(C)c2c1-c1ncc(F)cc1[C@H](C)N2S(C)=O. The van der Waals surface area contributed by atoms with Gasteiger partial charge in [0.1, 0.15) is 16.8 Å². The molecule has 2 aromatic rings. The van der Waals surface area contributed by atoms with Crippen LogP contribution in [0.5, 0.6) is 0 Å². The van der Waals surface area contributed by atoms with Gasteiger partial charge in [0.25, 0.3) is 0 Å². The number of hydrogen-bond donors (Lipinski definition) is 2. The van der Waals surface area contributed by atoms with Crippen molar-refractivity contribution in [1.29, 1.82) is 0 Å². The number of halogens is 1. The number of carboxylic acid groups (broad SMARTS) is 1. The maximum atomic E-state index is 14.0. The van der Waals surface area contributed by atoms with Crippen molar-refractivity contribution in [3.8, 4) is 35.9 Å². The summed E-state index contributed by atoms with van der Waals surface area (Å²) in [7, 11) is -1.40. The molecule has 0 saturated heterocycles. The molecular formula is C29H35FN2O4S. The van der Waals surface area contributed by atoms with Crippen LogP contribution in [-0.2, 0) is 22.2 Å². The highest BCUT2D eigenvalue weighted by atomic mass is 32.2. The molecule has 2 heterocycles. The van der Waals surface area contributed by atoms with Crippen LogP contribution in [0.2, 0.25) is 0 Å². The molecule has 1 unspecified atom stereocenters. The van der Waals surface area contributed by atoms with E-state index in [1.807, 2.05) is 20.8 Å². The lowest BCUT2D eigenvalue weighted by Gasteiger charge is -2.38. The van der Waals surface area contributed by atoms with Crippen LogP contribution in [0, 0.1) is 50.3 Å². The molecule has 198 valence electrons. The quantitative estimate of drug-likeness (QED) is 0.544. The summed E-state index contributed by atoms with van der Waals surface area (Å²) >= 11 is 0. The molecule has 0 bridgehead atoms. The predicted octanol–water partition coefficient (Wildman–Crippen LogP) is 5.09. The lowest BCUT2D eigenvalue weighted by Crippen LogP contribution is -2.33. The summed E-state index contributed by atoms with van der Waals surface area (Å²) < 4.78 is 28.5. The number of pyridine rings is 1.